The molecule has 1 spiro atoms. The Kier molecular flexibility index (Phi) is 2.81. The maximum Gasteiger partial charge on any atom is 0.310 e. The minimum atomic E-state index is -0.979. The molecule has 0 saturated carbocycles. The van der Waals surface area contributed by atoms with Crippen LogP contribution in [0.4, 0.5) is 0 Å². The van der Waals surface area contributed by atoms with E-state index in [2.05, 4.69) is 0 Å². The Morgan fingerprint density at radius 1 is 1.36 bits per heavy atom. The summed E-state index contributed by atoms with van der Waals surface area (Å²) in [7, 11) is 0. The van der Waals surface area contributed by atoms with Gasteiger partial charge in [-0.15, -0.1) is 0 Å². The Labute approximate surface area is 143 Å². The largest absolute Gasteiger partial charge is 0.481 e. The van der Waals surface area contributed by atoms with Crippen LogP contribution in [0.15, 0.2) is 30.4 Å². The molecule has 7 nitrogen and oxygen atoms in total. The van der Waals surface area contributed by atoms with Crippen molar-refractivity contribution < 1.29 is 28.9 Å². The zero-order valence-corrected chi connectivity index (χ0v) is 13.5. The lowest BCUT2D eigenvalue weighted by Crippen LogP contribution is -2.39. The number of likely N-dealkylation sites (tertiary alicyclic amines) is 1. The molecular weight excluding hydrogens is 326 g/mol. The topological polar surface area (TPSA) is 85.3 Å². The lowest BCUT2D eigenvalue weighted by atomic mass is 9.77. The lowest BCUT2D eigenvalue weighted by molar-refractivity contribution is -0.148. The van der Waals surface area contributed by atoms with Gasteiger partial charge < -0.3 is 24.2 Å². The Morgan fingerprint density at radius 3 is 2.96 bits per heavy atom. The van der Waals surface area contributed by atoms with Gasteiger partial charge in [-0.3, -0.25) is 9.59 Å². The van der Waals surface area contributed by atoms with Crippen molar-refractivity contribution in [2.24, 2.45) is 11.8 Å². The van der Waals surface area contributed by atoms with Gasteiger partial charge in [0.1, 0.15) is 11.5 Å². The first-order valence-electron chi connectivity index (χ1n) is 8.30. The number of carboxylic acids is 1. The maximum atomic E-state index is 13.0. The van der Waals surface area contributed by atoms with E-state index >= 15 is 0 Å². The highest BCUT2D eigenvalue weighted by Crippen LogP contribution is 2.53. The normalized spacial score (nSPS) is 35.3. The molecule has 2 saturated heterocycles. The number of fused-ring (bicyclic) bond motifs is 2. The quantitative estimate of drug-likeness (QED) is 0.834. The fourth-order valence-corrected chi connectivity index (χ4v) is 4.49. The van der Waals surface area contributed by atoms with Gasteiger partial charge in [-0.2, -0.15) is 0 Å². The van der Waals surface area contributed by atoms with Crippen LogP contribution in [0.1, 0.15) is 18.5 Å². The summed E-state index contributed by atoms with van der Waals surface area (Å²) in [5, 5.41) is 9.53. The Hall–Kier alpha value is -2.54. The molecule has 1 aromatic carbocycles. The van der Waals surface area contributed by atoms with Gasteiger partial charge in [0.05, 0.1) is 24.6 Å². The maximum absolute atomic E-state index is 13.0. The SMILES string of the molecule is C[C@H](c1ccc2c(c1)OCO2)N1C[C@@]23C=C[C@@H](O2)[C@@H](C(=O)O)[C@H]3C1=O. The number of ether oxygens (including phenoxy) is 3. The van der Waals surface area contributed by atoms with Crippen LogP contribution in [-0.2, 0) is 14.3 Å². The smallest absolute Gasteiger partial charge is 0.310 e. The number of hydrogen-bond acceptors (Lipinski definition) is 5. The summed E-state index contributed by atoms with van der Waals surface area (Å²) in [6.07, 6.45) is 3.14. The van der Waals surface area contributed by atoms with Crippen molar-refractivity contribution in [3.63, 3.8) is 0 Å². The molecule has 0 radical (unpaired) electrons. The highest BCUT2D eigenvalue weighted by atomic mass is 16.7. The number of amides is 1. The number of nitrogens with zero attached hydrogens (tertiary/aromatic N) is 1. The van der Waals surface area contributed by atoms with Gasteiger partial charge in [0.2, 0.25) is 12.7 Å². The van der Waals surface area contributed by atoms with Crippen LogP contribution in [0.25, 0.3) is 0 Å². The minimum Gasteiger partial charge on any atom is -0.481 e. The third kappa shape index (κ3) is 1.84. The van der Waals surface area contributed by atoms with Gasteiger partial charge in [-0.1, -0.05) is 18.2 Å². The Bertz CT molecular complexity index is 820. The summed E-state index contributed by atoms with van der Waals surface area (Å²) in [5.74, 6) is -1.26. The van der Waals surface area contributed by atoms with Gasteiger partial charge in [-0.05, 0) is 24.6 Å². The molecule has 0 unspecified atom stereocenters. The highest BCUT2D eigenvalue weighted by molar-refractivity contribution is 5.91. The zero-order valence-electron chi connectivity index (χ0n) is 13.5. The minimum absolute atomic E-state index is 0.163. The van der Waals surface area contributed by atoms with Gasteiger partial charge in [0.25, 0.3) is 0 Å². The van der Waals surface area contributed by atoms with Crippen molar-refractivity contribution in [2.45, 2.75) is 24.7 Å². The van der Waals surface area contributed by atoms with E-state index in [1.54, 1.807) is 11.0 Å². The fraction of sp³-hybridized carbons (Fsp3) is 0.444. The molecule has 5 rings (SSSR count). The molecule has 0 aromatic heterocycles. The summed E-state index contributed by atoms with van der Waals surface area (Å²) in [6, 6.07) is 5.39. The standard InChI is InChI=1S/C18H17NO6/c1-9(10-2-3-11-13(6-10)24-8-23-11)19-7-18-5-4-12(25-18)14(17(21)22)15(18)16(19)20/h2-6,9,12,14-15H,7-8H2,1H3,(H,21,22)/t9-,12-,14-,15+,18-/m1/s1. The van der Waals surface area contributed by atoms with Crippen LogP contribution in [-0.4, -0.2) is 46.9 Å². The van der Waals surface area contributed by atoms with Crippen LogP contribution in [0, 0.1) is 11.8 Å². The molecule has 1 N–H and O–H groups in total. The molecule has 2 fully saturated rings. The van der Waals surface area contributed by atoms with Crippen molar-refractivity contribution in [3.8, 4) is 11.5 Å². The van der Waals surface area contributed by atoms with Crippen LogP contribution >= 0.6 is 0 Å². The first-order valence-corrected chi connectivity index (χ1v) is 8.30. The molecule has 5 atom stereocenters. The number of benzene rings is 1. The molecule has 25 heavy (non-hydrogen) atoms. The van der Waals surface area contributed by atoms with E-state index in [4.69, 9.17) is 14.2 Å². The summed E-state index contributed by atoms with van der Waals surface area (Å²) in [5.41, 5.74) is 0.106. The van der Waals surface area contributed by atoms with Crippen LogP contribution in [0.3, 0.4) is 0 Å². The summed E-state index contributed by atoms with van der Waals surface area (Å²) in [4.78, 5) is 26.4. The first kappa shape index (κ1) is 14.8. The molecule has 1 amide bonds. The van der Waals surface area contributed by atoms with Gasteiger partial charge >= 0.3 is 5.97 Å². The van der Waals surface area contributed by atoms with E-state index in [0.717, 1.165) is 5.56 Å². The second-order valence-electron chi connectivity index (χ2n) is 6.99. The number of carbonyl (C=O) groups is 2. The molecule has 0 aliphatic carbocycles. The molecule has 2 bridgehead atoms. The van der Waals surface area contributed by atoms with Gasteiger partial charge in [0.15, 0.2) is 11.5 Å². The Morgan fingerprint density at radius 2 is 2.16 bits per heavy atom. The van der Waals surface area contributed by atoms with Crippen molar-refractivity contribution >= 4 is 11.9 Å². The molecular formula is C18H17NO6. The Balaban J connectivity index is 1.47. The highest BCUT2D eigenvalue weighted by Gasteiger charge is 2.67. The third-order valence-corrected chi connectivity index (χ3v) is 5.76. The van der Waals surface area contributed by atoms with Crippen LogP contribution in [0.5, 0.6) is 11.5 Å². The zero-order chi connectivity index (χ0) is 17.3. The van der Waals surface area contributed by atoms with E-state index < -0.39 is 29.5 Å². The fourth-order valence-electron chi connectivity index (χ4n) is 4.49. The second-order valence-corrected chi connectivity index (χ2v) is 6.99. The summed E-state index contributed by atoms with van der Waals surface area (Å²) >= 11 is 0. The van der Waals surface area contributed by atoms with Gasteiger partial charge in [-0.25, -0.2) is 0 Å². The lowest BCUT2D eigenvalue weighted by Gasteiger charge is -2.27. The molecule has 130 valence electrons. The van der Waals surface area contributed by atoms with Crippen molar-refractivity contribution in [1.29, 1.82) is 0 Å². The molecule has 4 aliphatic rings. The second kappa shape index (κ2) is 4.76. The van der Waals surface area contributed by atoms with Crippen LogP contribution < -0.4 is 9.47 Å². The number of rotatable bonds is 3. The predicted octanol–water partition coefficient (Wildman–Crippen LogP) is 1.34. The molecule has 4 aliphatic heterocycles. The monoisotopic (exact) mass is 343 g/mol. The van der Waals surface area contributed by atoms with Gasteiger partial charge in [0, 0.05) is 0 Å². The van der Waals surface area contributed by atoms with Crippen molar-refractivity contribution in [1.82, 2.24) is 4.90 Å². The van der Waals surface area contributed by atoms with E-state index in [0.29, 0.717) is 18.0 Å². The molecule has 1 aromatic rings. The van der Waals surface area contributed by atoms with Crippen LogP contribution in [0.2, 0.25) is 0 Å². The van der Waals surface area contributed by atoms with E-state index in [-0.39, 0.29) is 18.7 Å². The third-order valence-electron chi connectivity index (χ3n) is 5.76. The molecule has 7 heteroatoms. The van der Waals surface area contributed by atoms with E-state index in [9.17, 15) is 14.7 Å². The van der Waals surface area contributed by atoms with Crippen molar-refractivity contribution in [2.75, 3.05) is 13.3 Å². The average molecular weight is 343 g/mol. The predicted molar refractivity (Wildman–Crippen MR) is 84.1 cm³/mol. The first-order chi connectivity index (χ1) is 12.0. The van der Waals surface area contributed by atoms with E-state index in [1.807, 2.05) is 31.2 Å². The number of aliphatic carboxylic acids is 1. The summed E-state index contributed by atoms with van der Waals surface area (Å²) < 4.78 is 16.7. The number of carboxylic acid groups (broad SMARTS) is 1. The molecule has 4 heterocycles. The van der Waals surface area contributed by atoms with E-state index in [1.165, 1.54) is 0 Å². The number of carbonyl (C=O) groups excluding carboxylic acids is 1. The summed E-state index contributed by atoms with van der Waals surface area (Å²) in [6.45, 7) is 2.49. The number of hydrogen-bond donors (Lipinski definition) is 1. The average Bonchev–Trinajstić information content (AvgIpc) is 3.33. The van der Waals surface area contributed by atoms with Crippen molar-refractivity contribution in [3.05, 3.63) is 35.9 Å².